The molecule has 2 heterocycles. The number of anilines is 1. The minimum Gasteiger partial charge on any atom is -0.492 e. The van der Waals surface area contributed by atoms with E-state index in [1.807, 2.05) is 25.1 Å². The van der Waals surface area contributed by atoms with Crippen LogP contribution in [-0.2, 0) is 10.0 Å². The highest BCUT2D eigenvalue weighted by Crippen LogP contribution is 2.23. The quantitative estimate of drug-likeness (QED) is 0.263. The van der Waals surface area contributed by atoms with E-state index in [4.69, 9.17) is 4.74 Å². The molecule has 0 bridgehead atoms. The molecule has 0 aliphatic carbocycles. The van der Waals surface area contributed by atoms with E-state index in [1.165, 1.54) is 0 Å². The van der Waals surface area contributed by atoms with Crippen molar-refractivity contribution in [1.82, 2.24) is 15.5 Å². The molecule has 0 spiro atoms. The maximum absolute atomic E-state index is 12.4. The van der Waals surface area contributed by atoms with Gasteiger partial charge >= 0.3 is 0 Å². The molecule has 0 amide bonds. The molecule has 1 unspecified atom stereocenters. The highest BCUT2D eigenvalue weighted by molar-refractivity contribution is 7.94. The number of aromatic nitrogens is 2. The van der Waals surface area contributed by atoms with Crippen LogP contribution in [0.1, 0.15) is 17.4 Å². The predicted octanol–water partition coefficient (Wildman–Crippen LogP) is 3.44. The Morgan fingerprint density at radius 3 is 2.88 bits per heavy atom. The van der Waals surface area contributed by atoms with Crippen LogP contribution >= 0.6 is 11.3 Å². The van der Waals surface area contributed by atoms with Crippen LogP contribution in [0, 0.1) is 6.92 Å². The number of hydrogen-bond acceptors (Lipinski definition) is 7. The van der Waals surface area contributed by atoms with Crippen LogP contribution in [0.15, 0.2) is 64.2 Å². The van der Waals surface area contributed by atoms with Crippen LogP contribution in [0.2, 0.25) is 0 Å². The van der Waals surface area contributed by atoms with Crippen molar-refractivity contribution < 1.29 is 18.3 Å². The van der Waals surface area contributed by atoms with Crippen molar-refractivity contribution in [1.29, 1.82) is 0 Å². The van der Waals surface area contributed by atoms with E-state index in [-0.39, 0.29) is 4.21 Å². The first-order chi connectivity index (χ1) is 15.4. The molecule has 0 aliphatic heterocycles. The summed E-state index contributed by atoms with van der Waals surface area (Å²) in [5.41, 5.74) is 2.90. The van der Waals surface area contributed by atoms with Gasteiger partial charge in [0.2, 0.25) is 0 Å². The Morgan fingerprint density at radius 2 is 2.06 bits per heavy atom. The number of ether oxygens (including phenoxy) is 1. The van der Waals surface area contributed by atoms with Crippen molar-refractivity contribution in [2.45, 2.75) is 17.2 Å². The average Bonchev–Trinajstić information content (AvgIpc) is 3.44. The lowest BCUT2D eigenvalue weighted by Gasteiger charge is -2.14. The summed E-state index contributed by atoms with van der Waals surface area (Å²) in [6.45, 7) is 3.24. The molecule has 2 aromatic heterocycles. The molecule has 0 radical (unpaired) electrons. The summed E-state index contributed by atoms with van der Waals surface area (Å²) in [6, 6.07) is 15.8. The largest absolute Gasteiger partial charge is 0.492 e. The van der Waals surface area contributed by atoms with Gasteiger partial charge in [-0.2, -0.15) is 5.10 Å². The molecular formula is C22H24N4O4S2. The van der Waals surface area contributed by atoms with Gasteiger partial charge in [-0.05, 0) is 48.2 Å². The molecule has 2 aromatic carbocycles. The number of aryl methyl sites for hydroxylation is 1. The average molecular weight is 473 g/mol. The number of H-pyrrole nitrogens is 1. The van der Waals surface area contributed by atoms with E-state index in [2.05, 4.69) is 20.2 Å². The molecule has 0 fully saturated rings. The van der Waals surface area contributed by atoms with E-state index in [0.29, 0.717) is 30.9 Å². The predicted molar refractivity (Wildman–Crippen MR) is 126 cm³/mol. The number of hydrogen-bond donors (Lipinski definition) is 4. The summed E-state index contributed by atoms with van der Waals surface area (Å²) >= 11 is 1.15. The Morgan fingerprint density at radius 1 is 1.19 bits per heavy atom. The van der Waals surface area contributed by atoms with Gasteiger partial charge in [0.25, 0.3) is 10.0 Å². The second-order valence-electron chi connectivity index (χ2n) is 7.25. The number of thiophene rings is 1. The molecule has 168 valence electrons. The summed E-state index contributed by atoms with van der Waals surface area (Å²) in [6.07, 6.45) is -0.787. The number of nitrogens with zero attached hydrogens (tertiary/aromatic N) is 1. The number of aliphatic hydroxyl groups excluding tert-OH is 1. The summed E-state index contributed by atoms with van der Waals surface area (Å²) in [4.78, 5) is 0. The molecule has 10 heteroatoms. The molecule has 0 aliphatic rings. The van der Waals surface area contributed by atoms with Crippen LogP contribution in [0.4, 0.5) is 5.69 Å². The Bertz CT molecular complexity index is 1290. The van der Waals surface area contributed by atoms with Gasteiger partial charge in [-0.25, -0.2) is 8.42 Å². The van der Waals surface area contributed by atoms with Gasteiger partial charge in [-0.1, -0.05) is 18.2 Å². The third-order valence-electron chi connectivity index (χ3n) is 4.89. The second kappa shape index (κ2) is 9.70. The van der Waals surface area contributed by atoms with Gasteiger partial charge in [0.05, 0.1) is 17.3 Å². The SMILES string of the molecule is Cc1n[nH]c2cc(OCCNCC(O)c3cccc(NS(=O)(=O)c4cccs4)c3)ccc12. The maximum atomic E-state index is 12.4. The zero-order chi connectivity index (χ0) is 22.6. The number of fused-ring (bicyclic) bond motifs is 1. The smallest absolute Gasteiger partial charge is 0.271 e. The highest BCUT2D eigenvalue weighted by Gasteiger charge is 2.16. The summed E-state index contributed by atoms with van der Waals surface area (Å²) in [7, 11) is -3.63. The number of aromatic amines is 1. The van der Waals surface area contributed by atoms with Crippen molar-refractivity contribution in [2.75, 3.05) is 24.4 Å². The number of aliphatic hydroxyl groups is 1. The van der Waals surface area contributed by atoms with Crippen molar-refractivity contribution in [3.63, 3.8) is 0 Å². The number of sulfonamides is 1. The lowest BCUT2D eigenvalue weighted by Crippen LogP contribution is -2.26. The molecular weight excluding hydrogens is 448 g/mol. The van der Waals surface area contributed by atoms with E-state index >= 15 is 0 Å². The summed E-state index contributed by atoms with van der Waals surface area (Å²) in [5, 5.41) is 23.5. The van der Waals surface area contributed by atoms with Gasteiger partial charge in [-0.3, -0.25) is 9.82 Å². The molecule has 0 saturated heterocycles. The minimum absolute atomic E-state index is 0.243. The standard InChI is InChI=1S/C22H24N4O4S2/c1-15-19-8-7-18(13-20(19)25-24-15)30-10-9-23-14-21(27)16-4-2-5-17(12-16)26-32(28,29)22-6-3-11-31-22/h2-8,11-13,21,23,26-27H,9-10,14H2,1H3,(H,24,25). The zero-order valence-corrected chi connectivity index (χ0v) is 19.0. The number of nitrogens with one attached hydrogen (secondary N) is 3. The minimum atomic E-state index is -3.63. The lowest BCUT2D eigenvalue weighted by atomic mass is 10.1. The van der Waals surface area contributed by atoms with Crippen LogP contribution < -0.4 is 14.8 Å². The Hall–Kier alpha value is -2.92. The lowest BCUT2D eigenvalue weighted by molar-refractivity contribution is 0.172. The number of benzene rings is 2. The van der Waals surface area contributed by atoms with Crippen molar-refractivity contribution in [3.05, 3.63) is 71.2 Å². The van der Waals surface area contributed by atoms with Crippen molar-refractivity contribution in [2.24, 2.45) is 0 Å². The number of rotatable bonds is 10. The molecule has 4 aromatic rings. The molecule has 4 rings (SSSR count). The molecule has 4 N–H and O–H groups in total. The van der Waals surface area contributed by atoms with E-state index < -0.39 is 16.1 Å². The Labute approximate surface area is 190 Å². The van der Waals surface area contributed by atoms with Gasteiger partial charge in [0.15, 0.2) is 0 Å². The highest BCUT2D eigenvalue weighted by atomic mass is 32.2. The summed E-state index contributed by atoms with van der Waals surface area (Å²) in [5.74, 6) is 0.745. The Balaban J connectivity index is 1.25. The first kappa shape index (κ1) is 22.3. The van der Waals surface area contributed by atoms with E-state index in [9.17, 15) is 13.5 Å². The fraction of sp³-hybridized carbons (Fsp3) is 0.227. The fourth-order valence-electron chi connectivity index (χ4n) is 3.25. The van der Waals surface area contributed by atoms with Crippen LogP contribution in [0.5, 0.6) is 5.75 Å². The second-order valence-corrected chi connectivity index (χ2v) is 10.1. The molecule has 0 saturated carbocycles. The van der Waals surface area contributed by atoms with E-state index in [0.717, 1.165) is 33.7 Å². The molecule has 32 heavy (non-hydrogen) atoms. The molecule has 1 atom stereocenters. The monoisotopic (exact) mass is 472 g/mol. The third-order valence-corrected chi connectivity index (χ3v) is 7.67. The van der Waals surface area contributed by atoms with Crippen molar-refractivity contribution >= 4 is 38.0 Å². The zero-order valence-electron chi connectivity index (χ0n) is 17.4. The van der Waals surface area contributed by atoms with Gasteiger partial charge in [0.1, 0.15) is 16.6 Å². The Kier molecular flexibility index (Phi) is 6.75. The normalized spacial score (nSPS) is 12.7. The fourth-order valence-corrected chi connectivity index (χ4v) is 5.30. The molecule has 8 nitrogen and oxygen atoms in total. The van der Waals surface area contributed by atoms with Gasteiger partial charge in [-0.15, -0.1) is 11.3 Å². The van der Waals surface area contributed by atoms with Crippen LogP contribution in [0.3, 0.4) is 0 Å². The summed E-state index contributed by atoms with van der Waals surface area (Å²) < 4.78 is 33.3. The van der Waals surface area contributed by atoms with Crippen molar-refractivity contribution in [3.8, 4) is 5.75 Å². The van der Waals surface area contributed by atoms with E-state index in [1.54, 1.807) is 41.8 Å². The maximum Gasteiger partial charge on any atom is 0.271 e. The first-order valence-electron chi connectivity index (χ1n) is 10.0. The van der Waals surface area contributed by atoms with Gasteiger partial charge in [0, 0.05) is 30.2 Å². The first-order valence-corrected chi connectivity index (χ1v) is 12.4. The topological polar surface area (TPSA) is 116 Å². The third kappa shape index (κ3) is 5.28. The van der Waals surface area contributed by atoms with Crippen LogP contribution in [0.25, 0.3) is 10.9 Å². The van der Waals surface area contributed by atoms with Gasteiger partial charge < -0.3 is 15.2 Å². The van der Waals surface area contributed by atoms with Crippen LogP contribution in [-0.4, -0.2) is 43.4 Å².